The third-order valence-corrected chi connectivity index (χ3v) is 2.42. The first kappa shape index (κ1) is 11.4. The fourth-order valence-corrected chi connectivity index (χ4v) is 1.62. The number of ether oxygens (including phenoxy) is 1. The van der Waals surface area contributed by atoms with Crippen molar-refractivity contribution < 1.29 is 9.57 Å². The minimum atomic E-state index is 0.160. The number of aromatic nitrogens is 2. The largest absolute Gasteiger partial charge is 0.367 e. The first-order chi connectivity index (χ1) is 8.35. The lowest BCUT2D eigenvalue weighted by Crippen LogP contribution is -2.14. The molecule has 0 spiro atoms. The highest BCUT2D eigenvalue weighted by molar-refractivity contribution is 5.79. The zero-order chi connectivity index (χ0) is 12.1. The van der Waals surface area contributed by atoms with Gasteiger partial charge in [-0.1, -0.05) is 10.9 Å². The molecule has 2 rings (SSSR count). The Kier molecular flexibility index (Phi) is 3.58. The van der Waals surface area contributed by atoms with E-state index in [9.17, 15) is 0 Å². The second-order valence-corrected chi connectivity index (χ2v) is 3.60. The molecule has 0 saturated heterocycles. The molecule has 0 radical (unpaired) electrons. The Morgan fingerprint density at radius 2 is 2.35 bits per heavy atom. The average Bonchev–Trinajstić information content (AvgIpc) is 2.76. The fourth-order valence-electron chi connectivity index (χ4n) is 1.62. The first-order valence-corrected chi connectivity index (χ1v) is 5.31. The lowest BCUT2D eigenvalue weighted by Gasteiger charge is -2.04. The van der Waals surface area contributed by atoms with Gasteiger partial charge in [-0.25, -0.2) is 0 Å². The highest BCUT2D eigenvalue weighted by atomic mass is 16.8. The molecule has 5 nitrogen and oxygen atoms in total. The van der Waals surface area contributed by atoms with E-state index >= 15 is 0 Å². The molecular formula is C12H13N3O2. The number of rotatable bonds is 5. The maximum Gasteiger partial charge on any atom is 0.216 e. The van der Waals surface area contributed by atoms with Gasteiger partial charge in [-0.05, 0) is 24.1 Å². The van der Waals surface area contributed by atoms with Crippen LogP contribution in [0.3, 0.4) is 0 Å². The molecule has 88 valence electrons. The number of hydrogen-bond donors (Lipinski definition) is 0. The highest BCUT2D eigenvalue weighted by Crippen LogP contribution is 2.16. The molecule has 0 fully saturated rings. The summed E-state index contributed by atoms with van der Waals surface area (Å²) in [6, 6.07) is 8.07. The van der Waals surface area contributed by atoms with E-state index in [1.165, 1.54) is 4.85 Å². The summed E-state index contributed by atoms with van der Waals surface area (Å²) in [5.41, 5.74) is 2.02. The normalized spacial score (nSPS) is 10.4. The van der Waals surface area contributed by atoms with Crippen molar-refractivity contribution in [3.05, 3.63) is 30.0 Å². The van der Waals surface area contributed by atoms with Crippen molar-refractivity contribution in [3.63, 3.8) is 0 Å². The van der Waals surface area contributed by atoms with Gasteiger partial charge in [0.05, 0.1) is 12.3 Å². The topological polar surface area (TPSA) is 60.1 Å². The number of aryl methyl sites for hydroxylation is 1. The van der Waals surface area contributed by atoms with Crippen LogP contribution in [0.2, 0.25) is 0 Å². The van der Waals surface area contributed by atoms with Crippen LogP contribution in [0.25, 0.3) is 10.9 Å². The number of methoxy groups -OCH3 is 1. The van der Waals surface area contributed by atoms with Gasteiger partial charge >= 0.3 is 0 Å². The van der Waals surface area contributed by atoms with Crippen LogP contribution in [-0.2, 0) is 11.2 Å². The summed E-state index contributed by atoms with van der Waals surface area (Å²) in [5.74, 6) is 0. The smallest absolute Gasteiger partial charge is 0.216 e. The Hall–Kier alpha value is -2.06. The minimum absolute atomic E-state index is 0.160. The summed E-state index contributed by atoms with van der Waals surface area (Å²) < 4.78 is 4.82. The molecule has 1 aromatic carbocycles. The van der Waals surface area contributed by atoms with Crippen LogP contribution in [0.5, 0.6) is 0 Å². The number of hydrogen-bond acceptors (Lipinski definition) is 4. The molecule has 5 heteroatoms. The van der Waals surface area contributed by atoms with Crippen molar-refractivity contribution in [3.8, 4) is 6.07 Å². The number of fused-ring (bicyclic) bond motifs is 1. The molecule has 0 aliphatic heterocycles. The van der Waals surface area contributed by atoms with Gasteiger partial charge in [0.1, 0.15) is 5.52 Å². The second-order valence-electron chi connectivity index (χ2n) is 3.60. The van der Waals surface area contributed by atoms with Crippen LogP contribution in [0.15, 0.2) is 24.4 Å². The van der Waals surface area contributed by atoms with Crippen LogP contribution in [-0.4, -0.2) is 23.8 Å². The van der Waals surface area contributed by atoms with E-state index in [1.807, 2.05) is 18.2 Å². The van der Waals surface area contributed by atoms with Gasteiger partial charge in [0.25, 0.3) is 0 Å². The van der Waals surface area contributed by atoms with Gasteiger partial charge in [0.2, 0.25) is 6.79 Å². The Morgan fingerprint density at radius 3 is 3.12 bits per heavy atom. The van der Waals surface area contributed by atoms with Crippen molar-refractivity contribution in [2.75, 3.05) is 13.9 Å². The van der Waals surface area contributed by atoms with Gasteiger partial charge in [-0.2, -0.15) is 5.26 Å². The zero-order valence-corrected chi connectivity index (χ0v) is 9.59. The molecular weight excluding hydrogens is 218 g/mol. The lowest BCUT2D eigenvalue weighted by atomic mass is 10.1. The second kappa shape index (κ2) is 5.32. The molecule has 0 aliphatic carbocycles. The van der Waals surface area contributed by atoms with Crippen molar-refractivity contribution in [2.24, 2.45) is 0 Å². The third kappa shape index (κ3) is 2.55. The summed E-state index contributed by atoms with van der Waals surface area (Å²) in [6.07, 6.45) is 3.03. The number of nitrogens with zero attached hydrogens (tertiary/aromatic N) is 3. The zero-order valence-electron chi connectivity index (χ0n) is 9.59. The number of benzene rings is 1. The summed E-state index contributed by atoms with van der Waals surface area (Å²) in [6.45, 7) is 0.160. The fraction of sp³-hybridized carbons (Fsp3) is 0.333. The molecule has 0 N–H and O–H groups in total. The van der Waals surface area contributed by atoms with Crippen molar-refractivity contribution in [1.82, 2.24) is 9.94 Å². The summed E-state index contributed by atoms with van der Waals surface area (Å²) in [5, 5.41) is 13.6. The lowest BCUT2D eigenvalue weighted by molar-refractivity contribution is -0.0464. The Bertz CT molecular complexity index is 542. The maximum atomic E-state index is 8.54. The molecule has 1 heterocycles. The van der Waals surface area contributed by atoms with Crippen LogP contribution in [0.1, 0.15) is 12.0 Å². The molecule has 1 aromatic heterocycles. The molecule has 0 unspecified atom stereocenters. The van der Waals surface area contributed by atoms with Crippen LogP contribution < -0.4 is 4.84 Å². The van der Waals surface area contributed by atoms with E-state index in [4.69, 9.17) is 14.8 Å². The summed E-state index contributed by atoms with van der Waals surface area (Å²) in [4.78, 5) is 6.70. The van der Waals surface area contributed by atoms with E-state index in [1.54, 1.807) is 13.3 Å². The summed E-state index contributed by atoms with van der Waals surface area (Å²) >= 11 is 0. The van der Waals surface area contributed by atoms with Crippen molar-refractivity contribution >= 4 is 10.9 Å². The molecule has 0 amide bonds. The quantitative estimate of drug-likeness (QED) is 0.732. The molecule has 0 atom stereocenters. The monoisotopic (exact) mass is 231 g/mol. The molecule has 0 aliphatic rings. The molecule has 17 heavy (non-hydrogen) atoms. The maximum absolute atomic E-state index is 8.54. The van der Waals surface area contributed by atoms with E-state index in [2.05, 4.69) is 11.2 Å². The highest BCUT2D eigenvalue weighted by Gasteiger charge is 2.04. The third-order valence-electron chi connectivity index (χ3n) is 2.42. The SMILES string of the molecule is COCOn1ncc2cc(CCC#N)ccc21. The standard InChI is InChI=1S/C12H13N3O2/c1-16-9-17-15-12-5-4-10(3-2-6-13)7-11(12)8-14-15/h4-5,7-8H,2-3,9H2,1H3. The van der Waals surface area contributed by atoms with Crippen LogP contribution in [0.4, 0.5) is 0 Å². The average molecular weight is 231 g/mol. The van der Waals surface area contributed by atoms with Gasteiger partial charge < -0.3 is 9.57 Å². The number of nitriles is 1. The summed E-state index contributed by atoms with van der Waals surface area (Å²) in [7, 11) is 1.56. The van der Waals surface area contributed by atoms with Gasteiger partial charge in [-0.15, -0.1) is 5.10 Å². The van der Waals surface area contributed by atoms with E-state index in [0.29, 0.717) is 6.42 Å². The van der Waals surface area contributed by atoms with Gasteiger partial charge in [-0.3, -0.25) is 0 Å². The minimum Gasteiger partial charge on any atom is -0.367 e. The predicted molar refractivity (Wildman–Crippen MR) is 62.1 cm³/mol. The molecule has 0 bridgehead atoms. The Balaban J connectivity index is 2.22. The molecule has 2 aromatic rings. The Morgan fingerprint density at radius 1 is 1.47 bits per heavy atom. The van der Waals surface area contributed by atoms with Gasteiger partial charge in [0.15, 0.2) is 0 Å². The van der Waals surface area contributed by atoms with Gasteiger partial charge in [0, 0.05) is 18.9 Å². The first-order valence-electron chi connectivity index (χ1n) is 5.31. The Labute approximate surface area is 99.1 Å². The van der Waals surface area contributed by atoms with E-state index in [0.717, 1.165) is 22.9 Å². The van der Waals surface area contributed by atoms with Crippen LogP contribution in [0, 0.1) is 11.3 Å². The van der Waals surface area contributed by atoms with Crippen LogP contribution >= 0.6 is 0 Å². The van der Waals surface area contributed by atoms with E-state index < -0.39 is 0 Å². The van der Waals surface area contributed by atoms with Crippen molar-refractivity contribution in [2.45, 2.75) is 12.8 Å². The van der Waals surface area contributed by atoms with E-state index in [-0.39, 0.29) is 6.79 Å². The van der Waals surface area contributed by atoms with Crippen molar-refractivity contribution in [1.29, 1.82) is 5.26 Å². The predicted octanol–water partition coefficient (Wildman–Crippen LogP) is 1.52. The molecule has 0 saturated carbocycles.